The van der Waals surface area contributed by atoms with Crippen LogP contribution in [-0.4, -0.2) is 5.78 Å². The summed E-state index contributed by atoms with van der Waals surface area (Å²) in [6, 6.07) is 9.31. The first-order chi connectivity index (χ1) is 8.97. The van der Waals surface area contributed by atoms with Crippen molar-refractivity contribution in [2.75, 3.05) is 0 Å². The Kier molecular flexibility index (Phi) is 4.76. The predicted molar refractivity (Wildman–Crippen MR) is 81.3 cm³/mol. The van der Waals surface area contributed by atoms with Crippen LogP contribution in [0.3, 0.4) is 0 Å². The summed E-state index contributed by atoms with van der Waals surface area (Å²) in [5, 5.41) is 0.555. The molecule has 0 atom stereocenters. The molecule has 19 heavy (non-hydrogen) atoms. The number of rotatable bonds is 3. The molecule has 1 nitrogen and oxygen atoms in total. The van der Waals surface area contributed by atoms with E-state index in [1.807, 2.05) is 0 Å². The van der Waals surface area contributed by atoms with Gasteiger partial charge in [-0.05, 0) is 51.8 Å². The zero-order chi connectivity index (χ0) is 14.0. The fraction of sp³-hybridized carbons (Fsp3) is 0.0714. The average Bonchev–Trinajstić information content (AvgIpc) is 2.36. The van der Waals surface area contributed by atoms with E-state index in [0.29, 0.717) is 19.5 Å². The monoisotopic (exact) mass is 404 g/mol. The molecular formula is C14H8Br2ClFO. The Bertz CT molecular complexity index is 643. The van der Waals surface area contributed by atoms with Crippen LogP contribution >= 0.6 is 43.5 Å². The molecule has 2 aromatic carbocycles. The first kappa shape index (κ1) is 14.7. The molecule has 0 heterocycles. The van der Waals surface area contributed by atoms with Gasteiger partial charge in [-0.1, -0.05) is 33.6 Å². The molecule has 0 aliphatic carbocycles. The van der Waals surface area contributed by atoms with Crippen LogP contribution in [0.2, 0.25) is 5.02 Å². The van der Waals surface area contributed by atoms with E-state index in [9.17, 15) is 9.18 Å². The number of Topliss-reactive ketones (excluding diaryl/α,β-unsaturated/α-hetero) is 1. The lowest BCUT2D eigenvalue weighted by atomic mass is 10.0. The Morgan fingerprint density at radius 1 is 1.11 bits per heavy atom. The topological polar surface area (TPSA) is 17.1 Å². The summed E-state index contributed by atoms with van der Waals surface area (Å²) < 4.78 is 14.2. The Hall–Kier alpha value is -0.710. The molecule has 0 amide bonds. The second-order valence-corrected chi connectivity index (χ2v) is 6.08. The van der Waals surface area contributed by atoms with Gasteiger partial charge >= 0.3 is 0 Å². The van der Waals surface area contributed by atoms with Gasteiger partial charge in [0, 0.05) is 20.9 Å². The first-order valence-electron chi connectivity index (χ1n) is 5.39. The van der Waals surface area contributed by atoms with Crippen LogP contribution in [0.4, 0.5) is 4.39 Å². The third-order valence-electron chi connectivity index (χ3n) is 2.61. The van der Waals surface area contributed by atoms with E-state index in [2.05, 4.69) is 31.9 Å². The highest BCUT2D eigenvalue weighted by molar-refractivity contribution is 9.10. The van der Waals surface area contributed by atoms with Gasteiger partial charge in [-0.25, -0.2) is 4.39 Å². The predicted octanol–water partition coefficient (Wildman–Crippen LogP) is 5.43. The Balaban J connectivity index is 2.23. The summed E-state index contributed by atoms with van der Waals surface area (Å²) in [7, 11) is 0. The van der Waals surface area contributed by atoms with E-state index in [1.54, 1.807) is 24.3 Å². The molecule has 0 aliphatic heterocycles. The first-order valence-corrected chi connectivity index (χ1v) is 7.36. The molecule has 0 N–H and O–H groups in total. The van der Waals surface area contributed by atoms with Gasteiger partial charge in [0.05, 0.1) is 5.02 Å². The normalized spacial score (nSPS) is 10.5. The van der Waals surface area contributed by atoms with Gasteiger partial charge in [-0.15, -0.1) is 0 Å². The summed E-state index contributed by atoms with van der Waals surface area (Å²) in [4.78, 5) is 12.1. The number of halogens is 4. The van der Waals surface area contributed by atoms with Crippen LogP contribution in [0.1, 0.15) is 15.9 Å². The second kappa shape index (κ2) is 6.16. The quantitative estimate of drug-likeness (QED) is 0.621. The molecule has 98 valence electrons. The van der Waals surface area contributed by atoms with E-state index < -0.39 is 0 Å². The Morgan fingerprint density at radius 2 is 1.84 bits per heavy atom. The third kappa shape index (κ3) is 3.65. The highest BCUT2D eigenvalue weighted by Gasteiger charge is 2.11. The molecule has 0 aromatic heterocycles. The maximum atomic E-state index is 13.0. The number of carbonyl (C=O) groups excluding carboxylic acids is 1. The fourth-order valence-electron chi connectivity index (χ4n) is 1.61. The van der Waals surface area contributed by atoms with E-state index in [4.69, 9.17) is 11.6 Å². The van der Waals surface area contributed by atoms with E-state index >= 15 is 0 Å². The van der Waals surface area contributed by atoms with Crippen LogP contribution in [-0.2, 0) is 6.42 Å². The minimum absolute atomic E-state index is 0.0512. The summed E-state index contributed by atoms with van der Waals surface area (Å²) in [6.07, 6.45) is 0.203. The van der Waals surface area contributed by atoms with Gasteiger partial charge in [-0.3, -0.25) is 4.79 Å². The molecule has 2 aromatic rings. The third-order valence-corrected chi connectivity index (χ3v) is 4.56. The zero-order valence-electron chi connectivity index (χ0n) is 9.59. The molecule has 0 saturated carbocycles. The summed E-state index contributed by atoms with van der Waals surface area (Å²) in [5.41, 5.74) is 1.31. The van der Waals surface area contributed by atoms with Gasteiger partial charge in [0.2, 0.25) is 0 Å². The fourth-order valence-corrected chi connectivity index (χ4v) is 2.60. The lowest BCUT2D eigenvalue weighted by Crippen LogP contribution is -2.04. The number of carbonyl (C=O) groups is 1. The van der Waals surface area contributed by atoms with E-state index in [1.165, 1.54) is 12.1 Å². The van der Waals surface area contributed by atoms with Crippen LogP contribution in [0.25, 0.3) is 0 Å². The maximum Gasteiger partial charge on any atom is 0.167 e. The standard InChI is InChI=1S/C14H8Br2ClFO/c15-11-7-10(18)3-1-8(11)6-14(19)9-2-4-13(17)12(16)5-9/h1-5,7H,6H2. The largest absolute Gasteiger partial charge is 0.294 e. The molecular weight excluding hydrogens is 398 g/mol. The molecule has 0 fully saturated rings. The van der Waals surface area contributed by atoms with Crippen molar-refractivity contribution in [3.63, 3.8) is 0 Å². The van der Waals surface area contributed by atoms with Gasteiger partial charge in [0.15, 0.2) is 5.78 Å². The van der Waals surface area contributed by atoms with Crippen LogP contribution in [0.15, 0.2) is 45.3 Å². The van der Waals surface area contributed by atoms with Gasteiger partial charge < -0.3 is 0 Å². The highest BCUT2D eigenvalue weighted by atomic mass is 79.9. The van der Waals surface area contributed by atoms with Crippen LogP contribution in [0.5, 0.6) is 0 Å². The zero-order valence-corrected chi connectivity index (χ0v) is 13.5. The van der Waals surface area contributed by atoms with Crippen molar-refractivity contribution in [3.05, 3.63) is 67.3 Å². The molecule has 0 radical (unpaired) electrons. The number of hydrogen-bond donors (Lipinski definition) is 0. The minimum Gasteiger partial charge on any atom is -0.294 e. The smallest absolute Gasteiger partial charge is 0.167 e. The summed E-state index contributed by atoms with van der Waals surface area (Å²) in [5.74, 6) is -0.387. The van der Waals surface area contributed by atoms with Gasteiger partial charge in [-0.2, -0.15) is 0 Å². The highest BCUT2D eigenvalue weighted by Crippen LogP contribution is 2.25. The van der Waals surface area contributed by atoms with Crippen molar-refractivity contribution >= 4 is 49.2 Å². The molecule has 0 saturated heterocycles. The molecule has 2 rings (SSSR count). The second-order valence-electron chi connectivity index (χ2n) is 3.96. The number of ketones is 1. The maximum absolute atomic E-state index is 13.0. The van der Waals surface area contributed by atoms with Crippen molar-refractivity contribution in [1.82, 2.24) is 0 Å². The van der Waals surface area contributed by atoms with Crippen molar-refractivity contribution in [2.45, 2.75) is 6.42 Å². The molecule has 0 spiro atoms. The Labute approximate surface area is 132 Å². The lowest BCUT2D eigenvalue weighted by molar-refractivity contribution is 0.0992. The van der Waals surface area contributed by atoms with Crippen LogP contribution in [0, 0.1) is 5.82 Å². The lowest BCUT2D eigenvalue weighted by Gasteiger charge is -2.05. The van der Waals surface area contributed by atoms with E-state index in [0.717, 1.165) is 5.56 Å². The molecule has 0 aliphatic rings. The van der Waals surface area contributed by atoms with Crippen molar-refractivity contribution in [2.24, 2.45) is 0 Å². The summed E-state index contributed by atoms with van der Waals surface area (Å²) >= 11 is 12.4. The van der Waals surface area contributed by atoms with Gasteiger partial charge in [0.25, 0.3) is 0 Å². The van der Waals surface area contributed by atoms with Crippen molar-refractivity contribution in [3.8, 4) is 0 Å². The SMILES string of the molecule is O=C(Cc1ccc(F)cc1Br)c1ccc(Cl)c(Br)c1. The van der Waals surface area contributed by atoms with Gasteiger partial charge in [0.1, 0.15) is 5.82 Å². The molecule has 0 unspecified atom stereocenters. The Morgan fingerprint density at radius 3 is 2.47 bits per heavy atom. The number of hydrogen-bond acceptors (Lipinski definition) is 1. The average molecular weight is 406 g/mol. The van der Waals surface area contributed by atoms with Crippen molar-refractivity contribution in [1.29, 1.82) is 0 Å². The van der Waals surface area contributed by atoms with E-state index in [-0.39, 0.29) is 18.0 Å². The molecule has 5 heteroatoms. The van der Waals surface area contributed by atoms with Crippen molar-refractivity contribution < 1.29 is 9.18 Å². The molecule has 0 bridgehead atoms. The minimum atomic E-state index is -0.336. The number of benzene rings is 2. The van der Waals surface area contributed by atoms with Crippen LogP contribution < -0.4 is 0 Å². The summed E-state index contributed by atoms with van der Waals surface area (Å²) in [6.45, 7) is 0.